The molecule has 1 N–H and O–H groups in total. The molecule has 0 spiro atoms. The standard InChI is InChI=1S/C9H13N5O/c1-3-7(2)12-9(15)5-14-6-11-8(4-10)13-14/h6-7H,3,5H2,1-2H3,(H,12,15). The van der Waals surface area contributed by atoms with Crippen LogP contribution in [0.4, 0.5) is 0 Å². The van der Waals surface area contributed by atoms with E-state index in [2.05, 4.69) is 15.4 Å². The zero-order chi connectivity index (χ0) is 11.3. The van der Waals surface area contributed by atoms with Crippen molar-refractivity contribution in [2.24, 2.45) is 0 Å². The maximum Gasteiger partial charge on any atom is 0.252 e. The molecule has 6 heteroatoms. The van der Waals surface area contributed by atoms with E-state index in [4.69, 9.17) is 5.26 Å². The van der Waals surface area contributed by atoms with Gasteiger partial charge in [0.15, 0.2) is 0 Å². The molecule has 0 saturated heterocycles. The summed E-state index contributed by atoms with van der Waals surface area (Å²) >= 11 is 0. The number of hydrogen-bond donors (Lipinski definition) is 1. The molecule has 0 bridgehead atoms. The number of rotatable bonds is 4. The number of aromatic nitrogens is 3. The number of carbonyl (C=O) groups is 1. The normalized spacial score (nSPS) is 11.8. The molecule has 0 aliphatic rings. The number of carbonyl (C=O) groups excluding carboxylic acids is 1. The lowest BCUT2D eigenvalue weighted by Crippen LogP contribution is -2.34. The summed E-state index contributed by atoms with van der Waals surface area (Å²) in [6, 6.07) is 1.95. The Morgan fingerprint density at radius 2 is 2.53 bits per heavy atom. The lowest BCUT2D eigenvalue weighted by atomic mass is 10.2. The highest BCUT2D eigenvalue weighted by Crippen LogP contribution is 1.90. The van der Waals surface area contributed by atoms with Gasteiger partial charge in [0.05, 0.1) is 0 Å². The fourth-order valence-electron chi connectivity index (χ4n) is 0.992. The highest BCUT2D eigenvalue weighted by molar-refractivity contribution is 5.75. The first-order valence-electron chi connectivity index (χ1n) is 4.74. The number of nitriles is 1. The molecule has 1 aromatic rings. The van der Waals surface area contributed by atoms with Crippen LogP contribution in [0.15, 0.2) is 6.33 Å². The Morgan fingerprint density at radius 3 is 3.07 bits per heavy atom. The van der Waals surface area contributed by atoms with Gasteiger partial charge in [-0.1, -0.05) is 6.92 Å². The van der Waals surface area contributed by atoms with Gasteiger partial charge in [0.1, 0.15) is 18.9 Å². The average molecular weight is 207 g/mol. The van der Waals surface area contributed by atoms with E-state index in [9.17, 15) is 4.79 Å². The molecule has 1 amide bonds. The van der Waals surface area contributed by atoms with Gasteiger partial charge in [-0.25, -0.2) is 9.67 Å². The summed E-state index contributed by atoms with van der Waals surface area (Å²) in [4.78, 5) is 15.1. The molecule has 1 atom stereocenters. The van der Waals surface area contributed by atoms with Crippen LogP contribution >= 0.6 is 0 Å². The zero-order valence-electron chi connectivity index (χ0n) is 8.77. The van der Waals surface area contributed by atoms with Gasteiger partial charge in [0.25, 0.3) is 5.82 Å². The number of hydrogen-bond acceptors (Lipinski definition) is 4. The van der Waals surface area contributed by atoms with Crippen LogP contribution < -0.4 is 5.32 Å². The van der Waals surface area contributed by atoms with Gasteiger partial charge in [-0.3, -0.25) is 4.79 Å². The van der Waals surface area contributed by atoms with Crippen molar-refractivity contribution in [3.63, 3.8) is 0 Å². The first kappa shape index (κ1) is 11.2. The maximum absolute atomic E-state index is 11.4. The van der Waals surface area contributed by atoms with Crippen molar-refractivity contribution in [1.82, 2.24) is 20.1 Å². The average Bonchev–Trinajstić information content (AvgIpc) is 2.65. The molecule has 1 heterocycles. The minimum absolute atomic E-state index is 0.0753. The Hall–Kier alpha value is -1.90. The molecule has 80 valence electrons. The second-order valence-corrected chi connectivity index (χ2v) is 3.25. The van der Waals surface area contributed by atoms with Crippen LogP contribution in [-0.4, -0.2) is 26.7 Å². The Balaban J connectivity index is 2.48. The molecular formula is C9H13N5O. The van der Waals surface area contributed by atoms with E-state index in [1.54, 1.807) is 6.07 Å². The maximum atomic E-state index is 11.4. The summed E-state index contributed by atoms with van der Waals surface area (Å²) in [6.07, 6.45) is 2.25. The van der Waals surface area contributed by atoms with Crippen molar-refractivity contribution in [2.75, 3.05) is 0 Å². The van der Waals surface area contributed by atoms with Crippen LogP contribution in [0.1, 0.15) is 26.1 Å². The number of nitrogens with zero attached hydrogens (tertiary/aromatic N) is 4. The third kappa shape index (κ3) is 3.38. The Labute approximate surface area is 87.9 Å². The van der Waals surface area contributed by atoms with Gasteiger partial charge >= 0.3 is 0 Å². The van der Waals surface area contributed by atoms with Crippen molar-refractivity contribution in [3.05, 3.63) is 12.2 Å². The number of amides is 1. The van der Waals surface area contributed by atoms with Gasteiger partial charge in [-0.2, -0.15) is 5.26 Å². The smallest absolute Gasteiger partial charge is 0.252 e. The monoisotopic (exact) mass is 207 g/mol. The van der Waals surface area contributed by atoms with E-state index in [1.165, 1.54) is 11.0 Å². The van der Waals surface area contributed by atoms with Crippen molar-refractivity contribution in [3.8, 4) is 6.07 Å². The SMILES string of the molecule is CCC(C)NC(=O)Cn1cnc(C#N)n1. The molecule has 6 nitrogen and oxygen atoms in total. The van der Waals surface area contributed by atoms with E-state index in [1.807, 2.05) is 13.8 Å². The Bertz CT molecular complexity index is 378. The van der Waals surface area contributed by atoms with E-state index in [0.29, 0.717) is 0 Å². The first-order valence-corrected chi connectivity index (χ1v) is 4.74. The van der Waals surface area contributed by atoms with Crippen LogP contribution in [-0.2, 0) is 11.3 Å². The van der Waals surface area contributed by atoms with E-state index >= 15 is 0 Å². The highest BCUT2D eigenvalue weighted by Gasteiger charge is 2.07. The van der Waals surface area contributed by atoms with E-state index in [-0.39, 0.29) is 24.3 Å². The predicted molar refractivity (Wildman–Crippen MR) is 52.6 cm³/mol. The summed E-state index contributed by atoms with van der Waals surface area (Å²) < 4.78 is 1.34. The van der Waals surface area contributed by atoms with Gasteiger partial charge in [0.2, 0.25) is 5.91 Å². The molecule has 1 rings (SSSR count). The van der Waals surface area contributed by atoms with Crippen LogP contribution in [0.25, 0.3) is 0 Å². The lowest BCUT2D eigenvalue weighted by Gasteiger charge is -2.10. The summed E-state index contributed by atoms with van der Waals surface area (Å²) in [6.45, 7) is 4.02. The second-order valence-electron chi connectivity index (χ2n) is 3.25. The summed E-state index contributed by atoms with van der Waals surface area (Å²) in [7, 11) is 0. The summed E-state index contributed by atoms with van der Waals surface area (Å²) in [5.41, 5.74) is 0. The van der Waals surface area contributed by atoms with Gasteiger partial charge in [-0.05, 0) is 13.3 Å². The molecule has 0 radical (unpaired) electrons. The van der Waals surface area contributed by atoms with Crippen molar-refractivity contribution in [1.29, 1.82) is 5.26 Å². The van der Waals surface area contributed by atoms with Crippen molar-refractivity contribution >= 4 is 5.91 Å². The largest absolute Gasteiger partial charge is 0.352 e. The molecule has 0 fully saturated rings. The quantitative estimate of drug-likeness (QED) is 0.757. The van der Waals surface area contributed by atoms with Crippen LogP contribution in [0.2, 0.25) is 0 Å². The molecule has 0 aromatic carbocycles. The first-order chi connectivity index (χ1) is 7.15. The fraction of sp³-hybridized carbons (Fsp3) is 0.556. The highest BCUT2D eigenvalue weighted by atomic mass is 16.2. The Morgan fingerprint density at radius 1 is 1.80 bits per heavy atom. The van der Waals surface area contributed by atoms with Crippen molar-refractivity contribution in [2.45, 2.75) is 32.9 Å². The van der Waals surface area contributed by atoms with Gasteiger partial charge in [-0.15, -0.1) is 5.10 Å². The van der Waals surface area contributed by atoms with Gasteiger partial charge in [0, 0.05) is 6.04 Å². The molecule has 0 aliphatic carbocycles. The number of nitrogens with one attached hydrogen (secondary N) is 1. The predicted octanol–water partition coefficient (Wildman–Crippen LogP) is 0.0645. The minimum Gasteiger partial charge on any atom is -0.352 e. The molecule has 0 aliphatic heterocycles. The topological polar surface area (TPSA) is 83.6 Å². The van der Waals surface area contributed by atoms with E-state index in [0.717, 1.165) is 6.42 Å². The molecule has 1 unspecified atom stereocenters. The van der Waals surface area contributed by atoms with Crippen LogP contribution in [0.3, 0.4) is 0 Å². The lowest BCUT2D eigenvalue weighted by molar-refractivity contribution is -0.122. The molecule has 0 saturated carbocycles. The molecule has 15 heavy (non-hydrogen) atoms. The van der Waals surface area contributed by atoms with Crippen LogP contribution in [0.5, 0.6) is 0 Å². The molecule has 1 aromatic heterocycles. The zero-order valence-corrected chi connectivity index (χ0v) is 8.77. The minimum atomic E-state index is -0.126. The second kappa shape index (κ2) is 5.10. The summed E-state index contributed by atoms with van der Waals surface area (Å²) in [5.74, 6) is -0.0509. The van der Waals surface area contributed by atoms with Gasteiger partial charge < -0.3 is 5.32 Å². The Kier molecular flexibility index (Phi) is 3.80. The molecular weight excluding hydrogens is 194 g/mol. The third-order valence-corrected chi connectivity index (χ3v) is 1.96. The third-order valence-electron chi connectivity index (χ3n) is 1.96. The van der Waals surface area contributed by atoms with Crippen molar-refractivity contribution < 1.29 is 4.79 Å². The fourth-order valence-corrected chi connectivity index (χ4v) is 0.992. The summed E-state index contributed by atoms with van der Waals surface area (Å²) in [5, 5.41) is 15.1. The van der Waals surface area contributed by atoms with Crippen LogP contribution in [0, 0.1) is 11.3 Å². The van der Waals surface area contributed by atoms with E-state index < -0.39 is 0 Å².